The second-order valence-electron chi connectivity index (χ2n) is 8.28. The standard InChI is InChI=1S/C20H24ClFN4O/c1-19(2)13-20(14-26(19)17-6-3-5-16(22)9-17)7-4-8-25(20)18(27)12-24-11-15(21)10-23-24/h3,5-6,9-11H,4,7-8,12-14H2,1-2H3. The van der Waals surface area contributed by atoms with Crippen LogP contribution in [0.1, 0.15) is 33.1 Å². The van der Waals surface area contributed by atoms with Crippen LogP contribution in [0.3, 0.4) is 0 Å². The quantitative estimate of drug-likeness (QED) is 0.802. The van der Waals surface area contributed by atoms with E-state index in [2.05, 4.69) is 23.8 Å². The Labute approximate surface area is 163 Å². The molecule has 2 aromatic rings. The Bertz CT molecular complexity index is 867. The van der Waals surface area contributed by atoms with Gasteiger partial charge in [-0.1, -0.05) is 17.7 Å². The number of amides is 1. The highest BCUT2D eigenvalue weighted by molar-refractivity contribution is 6.30. The Hall–Kier alpha value is -2.08. The monoisotopic (exact) mass is 390 g/mol. The Kier molecular flexibility index (Phi) is 4.41. The van der Waals surface area contributed by atoms with Crippen molar-refractivity contribution in [2.45, 2.75) is 50.7 Å². The predicted octanol–water partition coefficient (Wildman–Crippen LogP) is 3.73. The number of anilines is 1. The summed E-state index contributed by atoms with van der Waals surface area (Å²) < 4.78 is 15.4. The summed E-state index contributed by atoms with van der Waals surface area (Å²) in [5, 5.41) is 4.65. The van der Waals surface area contributed by atoms with Gasteiger partial charge in [-0.25, -0.2) is 4.39 Å². The van der Waals surface area contributed by atoms with Gasteiger partial charge in [0.05, 0.1) is 16.8 Å². The number of benzene rings is 1. The third-order valence-electron chi connectivity index (χ3n) is 5.86. The third kappa shape index (κ3) is 3.31. The molecule has 0 saturated carbocycles. The van der Waals surface area contributed by atoms with E-state index < -0.39 is 0 Å². The second-order valence-corrected chi connectivity index (χ2v) is 8.72. The molecule has 144 valence electrons. The molecule has 1 atom stereocenters. The summed E-state index contributed by atoms with van der Waals surface area (Å²) in [4.78, 5) is 17.3. The third-order valence-corrected chi connectivity index (χ3v) is 6.06. The maximum Gasteiger partial charge on any atom is 0.244 e. The molecule has 7 heteroatoms. The highest BCUT2D eigenvalue weighted by Crippen LogP contribution is 2.47. The minimum Gasteiger partial charge on any atom is -0.364 e. The number of nitrogens with zero attached hydrogens (tertiary/aromatic N) is 4. The number of aromatic nitrogens is 2. The van der Waals surface area contributed by atoms with Crippen molar-refractivity contribution in [2.24, 2.45) is 0 Å². The van der Waals surface area contributed by atoms with E-state index in [1.54, 1.807) is 29.2 Å². The van der Waals surface area contributed by atoms with Crippen molar-refractivity contribution in [3.05, 3.63) is 47.5 Å². The number of carbonyl (C=O) groups excluding carboxylic acids is 1. The normalized spacial score (nSPS) is 24.1. The summed E-state index contributed by atoms with van der Waals surface area (Å²) in [6.45, 7) is 5.99. The van der Waals surface area contributed by atoms with Crippen LogP contribution in [0.15, 0.2) is 36.7 Å². The van der Waals surface area contributed by atoms with Gasteiger partial charge in [0.1, 0.15) is 12.4 Å². The van der Waals surface area contributed by atoms with E-state index in [1.807, 2.05) is 11.0 Å². The Morgan fingerprint density at radius 1 is 1.37 bits per heavy atom. The van der Waals surface area contributed by atoms with Crippen LogP contribution in [-0.2, 0) is 11.3 Å². The van der Waals surface area contributed by atoms with Gasteiger partial charge in [0.15, 0.2) is 0 Å². The number of likely N-dealkylation sites (tertiary alicyclic amines) is 1. The first-order chi connectivity index (χ1) is 12.8. The maximum absolute atomic E-state index is 13.8. The first-order valence-corrected chi connectivity index (χ1v) is 9.69. The fraction of sp³-hybridized carbons (Fsp3) is 0.500. The van der Waals surface area contributed by atoms with Gasteiger partial charge < -0.3 is 9.80 Å². The lowest BCUT2D eigenvalue weighted by molar-refractivity contribution is -0.135. The average Bonchev–Trinajstić information content (AvgIpc) is 3.25. The van der Waals surface area contributed by atoms with Gasteiger partial charge in [-0.2, -0.15) is 5.10 Å². The van der Waals surface area contributed by atoms with Gasteiger partial charge in [-0.3, -0.25) is 9.48 Å². The van der Waals surface area contributed by atoms with Crippen LogP contribution in [-0.4, -0.2) is 44.8 Å². The average molecular weight is 391 g/mol. The molecular formula is C20H24ClFN4O. The van der Waals surface area contributed by atoms with Crippen LogP contribution in [0.4, 0.5) is 10.1 Å². The summed E-state index contributed by atoms with van der Waals surface area (Å²) in [6.07, 6.45) is 6.02. The lowest BCUT2D eigenvalue weighted by Gasteiger charge is -2.35. The summed E-state index contributed by atoms with van der Waals surface area (Å²) >= 11 is 5.92. The van der Waals surface area contributed by atoms with Crippen molar-refractivity contribution in [3.63, 3.8) is 0 Å². The van der Waals surface area contributed by atoms with Crippen molar-refractivity contribution in [1.29, 1.82) is 0 Å². The maximum atomic E-state index is 13.8. The molecule has 1 spiro atoms. The molecule has 1 aromatic heterocycles. The summed E-state index contributed by atoms with van der Waals surface area (Å²) in [5.74, 6) is -0.177. The minimum atomic E-state index is -0.237. The second kappa shape index (κ2) is 6.51. The smallest absolute Gasteiger partial charge is 0.244 e. The number of hydrogen-bond donors (Lipinski definition) is 0. The van der Waals surface area contributed by atoms with Crippen LogP contribution in [0.5, 0.6) is 0 Å². The molecule has 0 radical (unpaired) electrons. The molecule has 1 aromatic carbocycles. The molecule has 2 fully saturated rings. The largest absolute Gasteiger partial charge is 0.364 e. The zero-order chi connectivity index (χ0) is 19.2. The van der Waals surface area contributed by atoms with Crippen LogP contribution in [0, 0.1) is 5.82 Å². The number of carbonyl (C=O) groups is 1. The minimum absolute atomic E-state index is 0.0594. The van der Waals surface area contributed by atoms with Crippen molar-refractivity contribution in [1.82, 2.24) is 14.7 Å². The highest BCUT2D eigenvalue weighted by atomic mass is 35.5. The molecule has 1 amide bonds. The fourth-order valence-corrected chi connectivity index (χ4v) is 5.03. The zero-order valence-electron chi connectivity index (χ0n) is 15.7. The topological polar surface area (TPSA) is 41.4 Å². The Morgan fingerprint density at radius 2 is 2.19 bits per heavy atom. The number of hydrogen-bond acceptors (Lipinski definition) is 3. The summed E-state index contributed by atoms with van der Waals surface area (Å²) in [5.41, 5.74) is 0.491. The number of halogens is 2. The van der Waals surface area contributed by atoms with Gasteiger partial charge in [0.25, 0.3) is 0 Å². The predicted molar refractivity (Wildman–Crippen MR) is 103 cm³/mol. The lowest BCUT2D eigenvalue weighted by Crippen LogP contribution is -2.50. The van der Waals surface area contributed by atoms with Gasteiger partial charge in [-0.15, -0.1) is 0 Å². The molecule has 3 heterocycles. The van der Waals surface area contributed by atoms with E-state index in [9.17, 15) is 9.18 Å². The summed E-state index contributed by atoms with van der Waals surface area (Å²) in [6, 6.07) is 6.72. The van der Waals surface area contributed by atoms with Crippen molar-refractivity contribution in [3.8, 4) is 0 Å². The van der Waals surface area contributed by atoms with Gasteiger partial charge in [0.2, 0.25) is 5.91 Å². The SMILES string of the molecule is CC1(C)CC2(CCCN2C(=O)Cn2cc(Cl)cn2)CN1c1cccc(F)c1. The first kappa shape index (κ1) is 18.3. The summed E-state index contributed by atoms with van der Waals surface area (Å²) in [7, 11) is 0. The number of rotatable bonds is 3. The lowest BCUT2D eigenvalue weighted by atomic mass is 9.87. The molecule has 0 bridgehead atoms. The zero-order valence-corrected chi connectivity index (χ0v) is 16.4. The van der Waals surface area contributed by atoms with Gasteiger partial charge in [-0.05, 0) is 51.3 Å². The molecule has 2 aliphatic rings. The van der Waals surface area contributed by atoms with E-state index in [0.29, 0.717) is 5.02 Å². The van der Waals surface area contributed by atoms with E-state index in [1.165, 1.54) is 6.07 Å². The van der Waals surface area contributed by atoms with Gasteiger partial charge >= 0.3 is 0 Å². The van der Waals surface area contributed by atoms with Crippen molar-refractivity contribution in [2.75, 3.05) is 18.0 Å². The van der Waals surface area contributed by atoms with Crippen LogP contribution >= 0.6 is 11.6 Å². The fourth-order valence-electron chi connectivity index (χ4n) is 4.87. The van der Waals surface area contributed by atoms with E-state index >= 15 is 0 Å². The van der Waals surface area contributed by atoms with Crippen LogP contribution in [0.25, 0.3) is 0 Å². The molecule has 0 N–H and O–H groups in total. The van der Waals surface area contributed by atoms with Crippen LogP contribution < -0.4 is 4.90 Å². The Balaban J connectivity index is 1.59. The molecule has 4 rings (SSSR count). The van der Waals surface area contributed by atoms with Crippen molar-refractivity contribution < 1.29 is 9.18 Å². The molecular weight excluding hydrogens is 367 g/mol. The van der Waals surface area contributed by atoms with E-state index in [-0.39, 0.29) is 29.3 Å². The molecule has 5 nitrogen and oxygen atoms in total. The van der Waals surface area contributed by atoms with E-state index in [4.69, 9.17) is 11.6 Å². The molecule has 2 aliphatic heterocycles. The highest BCUT2D eigenvalue weighted by Gasteiger charge is 2.54. The molecule has 1 unspecified atom stereocenters. The van der Waals surface area contributed by atoms with E-state index in [0.717, 1.165) is 38.0 Å². The van der Waals surface area contributed by atoms with Crippen molar-refractivity contribution >= 4 is 23.2 Å². The van der Waals surface area contributed by atoms with Crippen LogP contribution in [0.2, 0.25) is 5.02 Å². The first-order valence-electron chi connectivity index (χ1n) is 9.31. The molecule has 27 heavy (non-hydrogen) atoms. The molecule has 0 aliphatic carbocycles. The Morgan fingerprint density at radius 3 is 2.89 bits per heavy atom. The van der Waals surface area contributed by atoms with Gasteiger partial charge in [0, 0.05) is 30.5 Å². The molecule has 2 saturated heterocycles.